The second-order valence-corrected chi connectivity index (χ2v) is 5.60. The summed E-state index contributed by atoms with van der Waals surface area (Å²) < 4.78 is 10.8. The molecule has 0 fully saturated rings. The highest BCUT2D eigenvalue weighted by Crippen LogP contribution is 2.21. The van der Waals surface area contributed by atoms with Crippen LogP contribution in [0.2, 0.25) is 0 Å². The number of aromatic nitrogens is 1. The van der Waals surface area contributed by atoms with Gasteiger partial charge in [0.25, 0.3) is 0 Å². The molecular formula is C17H24N2O3. The van der Waals surface area contributed by atoms with Gasteiger partial charge in [-0.15, -0.1) is 0 Å². The average molecular weight is 304 g/mol. The van der Waals surface area contributed by atoms with Crippen molar-refractivity contribution in [3.63, 3.8) is 0 Å². The first-order valence-corrected chi connectivity index (χ1v) is 7.51. The molecule has 0 amide bonds. The van der Waals surface area contributed by atoms with E-state index in [0.717, 1.165) is 28.3 Å². The molecule has 0 aliphatic carbocycles. The minimum Gasteiger partial charge on any atom is -0.491 e. The second-order valence-electron chi connectivity index (χ2n) is 5.60. The number of nitrogens with zero attached hydrogens (tertiary/aromatic N) is 1. The van der Waals surface area contributed by atoms with Crippen molar-refractivity contribution in [1.29, 1.82) is 0 Å². The van der Waals surface area contributed by atoms with Crippen molar-refractivity contribution in [2.24, 2.45) is 0 Å². The molecule has 2 rings (SSSR count). The number of hydrogen-bond donors (Lipinski definition) is 2. The first-order chi connectivity index (χ1) is 10.5. The lowest BCUT2D eigenvalue weighted by Crippen LogP contribution is -2.33. The van der Waals surface area contributed by atoms with Gasteiger partial charge in [0.2, 0.25) is 0 Å². The quantitative estimate of drug-likeness (QED) is 0.823. The SMILES string of the molecule is Cc1ccccc1OC[C@H](O)CN[C@H](C)c1c(C)noc1C. The van der Waals surface area contributed by atoms with Gasteiger partial charge in [0, 0.05) is 18.2 Å². The van der Waals surface area contributed by atoms with Gasteiger partial charge in [-0.1, -0.05) is 23.4 Å². The molecule has 2 atom stereocenters. The van der Waals surface area contributed by atoms with E-state index >= 15 is 0 Å². The molecule has 1 aromatic heterocycles. The molecule has 1 aromatic carbocycles. The summed E-state index contributed by atoms with van der Waals surface area (Å²) in [5.74, 6) is 1.61. The van der Waals surface area contributed by atoms with E-state index in [4.69, 9.17) is 9.26 Å². The zero-order chi connectivity index (χ0) is 16.1. The van der Waals surface area contributed by atoms with Crippen LogP contribution in [-0.4, -0.2) is 29.5 Å². The Morgan fingerprint density at radius 2 is 2.00 bits per heavy atom. The van der Waals surface area contributed by atoms with E-state index in [1.807, 2.05) is 52.0 Å². The fourth-order valence-corrected chi connectivity index (χ4v) is 2.49. The van der Waals surface area contributed by atoms with E-state index in [0.29, 0.717) is 6.54 Å². The third kappa shape index (κ3) is 4.08. The number of rotatable bonds is 7. The van der Waals surface area contributed by atoms with E-state index in [1.54, 1.807) is 0 Å². The molecule has 0 saturated carbocycles. The van der Waals surface area contributed by atoms with Gasteiger partial charge in [0.05, 0.1) is 5.69 Å². The van der Waals surface area contributed by atoms with Crippen molar-refractivity contribution >= 4 is 0 Å². The summed E-state index contributed by atoms with van der Waals surface area (Å²) >= 11 is 0. The summed E-state index contributed by atoms with van der Waals surface area (Å²) in [4.78, 5) is 0. The number of para-hydroxylation sites is 1. The predicted molar refractivity (Wildman–Crippen MR) is 85.1 cm³/mol. The molecule has 0 bridgehead atoms. The highest BCUT2D eigenvalue weighted by molar-refractivity contribution is 5.31. The fraction of sp³-hybridized carbons (Fsp3) is 0.471. The third-order valence-corrected chi connectivity index (χ3v) is 3.71. The van der Waals surface area contributed by atoms with Crippen molar-refractivity contribution in [2.45, 2.75) is 39.8 Å². The largest absolute Gasteiger partial charge is 0.491 e. The number of hydrogen-bond acceptors (Lipinski definition) is 5. The van der Waals surface area contributed by atoms with Gasteiger partial charge in [0.15, 0.2) is 0 Å². The molecule has 22 heavy (non-hydrogen) atoms. The van der Waals surface area contributed by atoms with Crippen LogP contribution < -0.4 is 10.1 Å². The van der Waals surface area contributed by atoms with Crippen LogP contribution in [0.5, 0.6) is 5.75 Å². The summed E-state index contributed by atoms with van der Waals surface area (Å²) in [5, 5.41) is 17.3. The number of aryl methyl sites for hydroxylation is 3. The predicted octanol–water partition coefficient (Wildman–Crippen LogP) is 2.69. The third-order valence-electron chi connectivity index (χ3n) is 3.71. The smallest absolute Gasteiger partial charge is 0.138 e. The van der Waals surface area contributed by atoms with Gasteiger partial charge in [-0.2, -0.15) is 0 Å². The van der Waals surface area contributed by atoms with E-state index < -0.39 is 6.10 Å². The normalized spacial score (nSPS) is 13.9. The molecule has 0 aliphatic rings. The standard InChI is InChI=1S/C17H24N2O3/c1-11-7-5-6-8-16(11)21-10-15(20)9-18-12(2)17-13(3)19-22-14(17)4/h5-8,12,15,18,20H,9-10H2,1-4H3/t12-,15-/m1/s1. The molecule has 0 spiro atoms. The zero-order valence-electron chi connectivity index (χ0n) is 13.6. The maximum absolute atomic E-state index is 10.1. The van der Waals surface area contributed by atoms with E-state index in [9.17, 15) is 5.11 Å². The van der Waals surface area contributed by atoms with Crippen LogP contribution in [0, 0.1) is 20.8 Å². The van der Waals surface area contributed by atoms with Crippen LogP contribution in [-0.2, 0) is 0 Å². The lowest BCUT2D eigenvalue weighted by Gasteiger charge is -2.18. The molecule has 5 nitrogen and oxygen atoms in total. The topological polar surface area (TPSA) is 67.5 Å². The van der Waals surface area contributed by atoms with Gasteiger partial charge >= 0.3 is 0 Å². The summed E-state index contributed by atoms with van der Waals surface area (Å²) in [5.41, 5.74) is 2.99. The van der Waals surface area contributed by atoms with Crippen molar-refractivity contribution < 1.29 is 14.4 Å². The average Bonchev–Trinajstić information content (AvgIpc) is 2.83. The Hall–Kier alpha value is -1.85. The fourth-order valence-electron chi connectivity index (χ4n) is 2.49. The monoisotopic (exact) mass is 304 g/mol. The van der Waals surface area contributed by atoms with Crippen molar-refractivity contribution in [3.05, 3.63) is 46.8 Å². The van der Waals surface area contributed by atoms with Crippen LogP contribution in [0.3, 0.4) is 0 Å². The Labute approximate surface area is 131 Å². The number of nitrogens with one attached hydrogen (secondary N) is 1. The highest BCUT2D eigenvalue weighted by atomic mass is 16.5. The van der Waals surface area contributed by atoms with Crippen molar-refractivity contribution in [3.8, 4) is 5.75 Å². The van der Waals surface area contributed by atoms with E-state index in [1.165, 1.54) is 0 Å². The minimum absolute atomic E-state index is 0.0689. The van der Waals surface area contributed by atoms with Gasteiger partial charge in [-0.25, -0.2) is 0 Å². The highest BCUT2D eigenvalue weighted by Gasteiger charge is 2.17. The Morgan fingerprint density at radius 1 is 1.27 bits per heavy atom. The maximum Gasteiger partial charge on any atom is 0.138 e. The number of ether oxygens (including phenoxy) is 1. The molecule has 120 valence electrons. The number of benzene rings is 1. The molecule has 0 aliphatic heterocycles. The zero-order valence-corrected chi connectivity index (χ0v) is 13.6. The van der Waals surface area contributed by atoms with Crippen LogP contribution in [0.4, 0.5) is 0 Å². The minimum atomic E-state index is -0.581. The summed E-state index contributed by atoms with van der Waals surface area (Å²) in [6, 6.07) is 7.85. The molecule has 1 heterocycles. The van der Waals surface area contributed by atoms with E-state index in [2.05, 4.69) is 10.5 Å². The van der Waals surface area contributed by atoms with E-state index in [-0.39, 0.29) is 12.6 Å². The number of aliphatic hydroxyl groups excluding tert-OH is 1. The molecular weight excluding hydrogens is 280 g/mol. The van der Waals surface area contributed by atoms with Crippen LogP contribution in [0.1, 0.15) is 35.5 Å². The summed E-state index contributed by atoms with van der Waals surface area (Å²) in [7, 11) is 0. The Morgan fingerprint density at radius 3 is 2.64 bits per heavy atom. The van der Waals surface area contributed by atoms with Crippen LogP contribution in [0.15, 0.2) is 28.8 Å². The first kappa shape index (κ1) is 16.5. The van der Waals surface area contributed by atoms with Crippen LogP contribution in [0.25, 0.3) is 0 Å². The Balaban J connectivity index is 1.80. The Kier molecular flexibility index (Phi) is 5.57. The van der Waals surface area contributed by atoms with Gasteiger partial charge in [0.1, 0.15) is 24.2 Å². The van der Waals surface area contributed by atoms with Crippen molar-refractivity contribution in [2.75, 3.05) is 13.2 Å². The molecule has 0 unspecified atom stereocenters. The molecule has 5 heteroatoms. The first-order valence-electron chi connectivity index (χ1n) is 7.51. The Bertz CT molecular complexity index is 590. The summed E-state index contributed by atoms with van der Waals surface area (Å²) in [6.45, 7) is 8.52. The molecule has 0 saturated heterocycles. The lowest BCUT2D eigenvalue weighted by molar-refractivity contribution is 0.104. The second kappa shape index (κ2) is 7.42. The summed E-state index contributed by atoms with van der Waals surface area (Å²) in [6.07, 6.45) is -0.581. The molecule has 2 aromatic rings. The lowest BCUT2D eigenvalue weighted by atomic mass is 10.1. The number of aliphatic hydroxyl groups is 1. The van der Waals surface area contributed by atoms with Crippen molar-refractivity contribution in [1.82, 2.24) is 10.5 Å². The maximum atomic E-state index is 10.1. The van der Waals surface area contributed by atoms with Gasteiger partial charge in [-0.05, 0) is 39.3 Å². The van der Waals surface area contributed by atoms with Crippen LogP contribution >= 0.6 is 0 Å². The molecule has 0 radical (unpaired) electrons. The molecule has 2 N–H and O–H groups in total. The van der Waals surface area contributed by atoms with Gasteiger partial charge < -0.3 is 19.7 Å². The van der Waals surface area contributed by atoms with Gasteiger partial charge in [-0.3, -0.25) is 0 Å².